The Balaban J connectivity index is 1.78. The second kappa shape index (κ2) is 5.09. The van der Waals surface area contributed by atoms with Gasteiger partial charge in [0.15, 0.2) is 23.1 Å². The van der Waals surface area contributed by atoms with E-state index in [-0.39, 0.29) is 12.8 Å². The van der Waals surface area contributed by atoms with E-state index in [0.717, 1.165) is 11.6 Å². The maximum atomic E-state index is 13.2. The molecule has 1 heterocycles. The lowest BCUT2D eigenvalue weighted by Crippen LogP contribution is -2.13. The van der Waals surface area contributed by atoms with E-state index >= 15 is 0 Å². The van der Waals surface area contributed by atoms with Crippen LogP contribution in [-0.4, -0.2) is 6.79 Å². The Hall–Kier alpha value is -2.14. The summed E-state index contributed by atoms with van der Waals surface area (Å²) < 4.78 is 36.5. The van der Waals surface area contributed by atoms with Gasteiger partial charge in [0.05, 0.1) is 0 Å². The van der Waals surface area contributed by atoms with Gasteiger partial charge in [-0.15, -0.1) is 0 Å². The van der Waals surface area contributed by atoms with Crippen LogP contribution in [0.1, 0.15) is 17.2 Å². The van der Waals surface area contributed by atoms with Crippen LogP contribution in [0.5, 0.6) is 11.5 Å². The molecule has 5 heteroatoms. The minimum atomic E-state index is -0.861. The summed E-state index contributed by atoms with van der Waals surface area (Å²) in [6.07, 6.45) is 0.414. The van der Waals surface area contributed by atoms with Crippen LogP contribution in [0.4, 0.5) is 8.78 Å². The predicted octanol–water partition coefficient (Wildman–Crippen LogP) is 2.94. The predicted molar refractivity (Wildman–Crippen MR) is 69.6 cm³/mol. The van der Waals surface area contributed by atoms with Gasteiger partial charge in [-0.2, -0.15) is 0 Å². The third-order valence-electron chi connectivity index (χ3n) is 3.26. The lowest BCUT2D eigenvalue weighted by atomic mass is 9.99. The number of ether oxygens (including phenoxy) is 2. The lowest BCUT2D eigenvalue weighted by Gasteiger charge is -2.13. The summed E-state index contributed by atoms with van der Waals surface area (Å²) in [4.78, 5) is 0. The SMILES string of the molecule is NC(Cc1ccc(F)c(F)c1)c1ccc2c(c1)OCO2. The highest BCUT2D eigenvalue weighted by molar-refractivity contribution is 5.45. The number of nitrogens with two attached hydrogens (primary N) is 1. The van der Waals surface area contributed by atoms with Crippen molar-refractivity contribution in [1.82, 2.24) is 0 Å². The Kier molecular flexibility index (Phi) is 3.28. The molecule has 3 nitrogen and oxygen atoms in total. The van der Waals surface area contributed by atoms with Crippen LogP contribution in [0.3, 0.4) is 0 Å². The topological polar surface area (TPSA) is 44.5 Å². The van der Waals surface area contributed by atoms with Crippen molar-refractivity contribution in [2.75, 3.05) is 6.79 Å². The minimum absolute atomic E-state index is 0.206. The summed E-state index contributed by atoms with van der Waals surface area (Å²) in [7, 11) is 0. The number of fused-ring (bicyclic) bond motifs is 1. The van der Waals surface area contributed by atoms with Gasteiger partial charge in [-0.3, -0.25) is 0 Å². The van der Waals surface area contributed by atoms with Crippen molar-refractivity contribution in [2.24, 2.45) is 5.73 Å². The van der Waals surface area contributed by atoms with Crippen molar-refractivity contribution in [2.45, 2.75) is 12.5 Å². The Labute approximate surface area is 114 Å². The average molecular weight is 277 g/mol. The quantitative estimate of drug-likeness (QED) is 0.938. The summed E-state index contributed by atoms with van der Waals surface area (Å²) >= 11 is 0. The summed E-state index contributed by atoms with van der Waals surface area (Å²) in [6.45, 7) is 0.206. The minimum Gasteiger partial charge on any atom is -0.454 e. The highest BCUT2D eigenvalue weighted by Gasteiger charge is 2.16. The molecule has 0 saturated heterocycles. The second-order valence-electron chi connectivity index (χ2n) is 4.67. The molecule has 0 spiro atoms. The summed E-state index contributed by atoms with van der Waals surface area (Å²) in [5, 5.41) is 0. The highest BCUT2D eigenvalue weighted by Crippen LogP contribution is 2.34. The van der Waals surface area contributed by atoms with Crippen LogP contribution in [0.25, 0.3) is 0 Å². The molecule has 0 aliphatic carbocycles. The largest absolute Gasteiger partial charge is 0.454 e. The molecule has 104 valence electrons. The third-order valence-corrected chi connectivity index (χ3v) is 3.26. The number of hydrogen-bond donors (Lipinski definition) is 1. The first-order valence-electron chi connectivity index (χ1n) is 6.22. The number of benzene rings is 2. The molecular weight excluding hydrogens is 264 g/mol. The smallest absolute Gasteiger partial charge is 0.231 e. The van der Waals surface area contributed by atoms with Crippen LogP contribution in [0.2, 0.25) is 0 Å². The van der Waals surface area contributed by atoms with Gasteiger partial charge in [0.2, 0.25) is 6.79 Å². The Morgan fingerprint density at radius 2 is 1.80 bits per heavy atom. The molecule has 0 fully saturated rings. The molecule has 2 aromatic carbocycles. The zero-order valence-electron chi connectivity index (χ0n) is 10.6. The van der Waals surface area contributed by atoms with Crippen LogP contribution < -0.4 is 15.2 Å². The Morgan fingerprint density at radius 1 is 1.00 bits per heavy atom. The molecule has 0 amide bonds. The molecule has 1 aliphatic heterocycles. The van der Waals surface area contributed by atoms with E-state index in [1.165, 1.54) is 12.1 Å². The fraction of sp³-hybridized carbons (Fsp3) is 0.200. The van der Waals surface area contributed by atoms with Crippen molar-refractivity contribution >= 4 is 0 Å². The van der Waals surface area contributed by atoms with Crippen LogP contribution >= 0.6 is 0 Å². The van der Waals surface area contributed by atoms with Gasteiger partial charge >= 0.3 is 0 Å². The van der Waals surface area contributed by atoms with Crippen LogP contribution in [0, 0.1) is 11.6 Å². The van der Waals surface area contributed by atoms with Crippen LogP contribution in [-0.2, 0) is 6.42 Å². The first-order valence-corrected chi connectivity index (χ1v) is 6.22. The molecule has 20 heavy (non-hydrogen) atoms. The van der Waals surface area contributed by atoms with Crippen molar-refractivity contribution in [1.29, 1.82) is 0 Å². The number of halogens is 2. The van der Waals surface area contributed by atoms with Gasteiger partial charge in [0.25, 0.3) is 0 Å². The maximum Gasteiger partial charge on any atom is 0.231 e. The average Bonchev–Trinajstić information content (AvgIpc) is 2.90. The molecule has 2 aromatic rings. The number of rotatable bonds is 3. The van der Waals surface area contributed by atoms with Gasteiger partial charge < -0.3 is 15.2 Å². The van der Waals surface area contributed by atoms with E-state index in [4.69, 9.17) is 15.2 Å². The molecule has 2 N–H and O–H groups in total. The molecule has 1 atom stereocenters. The van der Waals surface area contributed by atoms with Gasteiger partial charge in [0, 0.05) is 6.04 Å². The van der Waals surface area contributed by atoms with E-state index in [1.807, 2.05) is 12.1 Å². The van der Waals surface area contributed by atoms with E-state index in [1.54, 1.807) is 6.07 Å². The zero-order valence-corrected chi connectivity index (χ0v) is 10.6. The highest BCUT2D eigenvalue weighted by atomic mass is 19.2. The molecule has 0 aromatic heterocycles. The van der Waals surface area contributed by atoms with Crippen LogP contribution in [0.15, 0.2) is 36.4 Å². The summed E-state index contributed by atoms with van der Waals surface area (Å²) in [5.74, 6) is -0.372. The van der Waals surface area contributed by atoms with Gasteiger partial charge in [-0.1, -0.05) is 12.1 Å². The monoisotopic (exact) mass is 277 g/mol. The molecule has 0 radical (unpaired) electrons. The number of hydrogen-bond acceptors (Lipinski definition) is 3. The summed E-state index contributed by atoms with van der Waals surface area (Å²) in [6, 6.07) is 8.94. The third kappa shape index (κ3) is 2.44. The van der Waals surface area contributed by atoms with Crippen molar-refractivity contribution in [3.63, 3.8) is 0 Å². The Bertz CT molecular complexity index is 646. The Morgan fingerprint density at radius 3 is 2.60 bits per heavy atom. The maximum absolute atomic E-state index is 13.2. The molecular formula is C15H13F2NO2. The fourth-order valence-electron chi connectivity index (χ4n) is 2.18. The van der Waals surface area contributed by atoms with Gasteiger partial charge in [-0.25, -0.2) is 8.78 Å². The lowest BCUT2D eigenvalue weighted by molar-refractivity contribution is 0.174. The van der Waals surface area contributed by atoms with E-state index in [9.17, 15) is 8.78 Å². The molecule has 1 unspecified atom stereocenters. The molecule has 3 rings (SSSR count). The van der Waals surface area contributed by atoms with E-state index in [0.29, 0.717) is 23.5 Å². The second-order valence-corrected chi connectivity index (χ2v) is 4.67. The molecule has 0 saturated carbocycles. The normalized spacial score (nSPS) is 14.3. The van der Waals surface area contributed by atoms with Gasteiger partial charge in [0.1, 0.15) is 0 Å². The molecule has 1 aliphatic rings. The van der Waals surface area contributed by atoms with Crippen molar-refractivity contribution in [3.05, 3.63) is 59.2 Å². The summed E-state index contributed by atoms with van der Waals surface area (Å²) in [5.41, 5.74) is 7.60. The van der Waals surface area contributed by atoms with Gasteiger partial charge in [-0.05, 0) is 41.8 Å². The molecule has 0 bridgehead atoms. The zero-order chi connectivity index (χ0) is 14.1. The standard InChI is InChI=1S/C15H13F2NO2/c16-11-3-1-9(5-12(11)17)6-13(18)10-2-4-14-15(7-10)20-8-19-14/h1-5,7,13H,6,8,18H2. The van der Waals surface area contributed by atoms with E-state index in [2.05, 4.69) is 0 Å². The van der Waals surface area contributed by atoms with Crippen molar-refractivity contribution in [3.8, 4) is 11.5 Å². The van der Waals surface area contributed by atoms with E-state index < -0.39 is 11.6 Å². The fourth-order valence-corrected chi connectivity index (χ4v) is 2.18. The van der Waals surface area contributed by atoms with Crippen molar-refractivity contribution < 1.29 is 18.3 Å². The first-order chi connectivity index (χ1) is 9.63. The first kappa shape index (κ1) is 12.9.